The molecule has 1 rings (SSSR count). The van der Waals surface area contributed by atoms with Crippen molar-refractivity contribution in [3.8, 4) is 0 Å². The largest absolute Gasteiger partial charge is 0.300 e. The second-order valence-corrected chi connectivity index (χ2v) is 4.83. The van der Waals surface area contributed by atoms with Gasteiger partial charge in [-0.05, 0) is 31.7 Å². The highest BCUT2D eigenvalue weighted by molar-refractivity contribution is 4.79. The summed E-state index contributed by atoms with van der Waals surface area (Å²) in [5, 5.41) is 0. The molecule has 1 nitrogen and oxygen atoms in total. The lowest BCUT2D eigenvalue weighted by Gasteiger charge is -2.25. The van der Waals surface area contributed by atoms with Crippen LogP contribution >= 0.6 is 0 Å². The summed E-state index contributed by atoms with van der Waals surface area (Å²) in [6.45, 7) is 9.62. The molecular weight excluding hydrogens is 158 g/mol. The van der Waals surface area contributed by atoms with E-state index in [1.807, 2.05) is 0 Å². The van der Waals surface area contributed by atoms with Gasteiger partial charge in [0.25, 0.3) is 0 Å². The van der Waals surface area contributed by atoms with Crippen molar-refractivity contribution in [3.63, 3.8) is 0 Å². The van der Waals surface area contributed by atoms with Crippen LogP contribution < -0.4 is 0 Å². The summed E-state index contributed by atoms with van der Waals surface area (Å²) in [5.41, 5.74) is 0. The predicted molar refractivity (Wildman–Crippen MR) is 59.0 cm³/mol. The van der Waals surface area contributed by atoms with Crippen molar-refractivity contribution >= 4 is 0 Å². The lowest BCUT2D eigenvalue weighted by atomic mass is 10.1. The molecule has 1 heteroatoms. The number of nitrogens with zero attached hydrogens (tertiary/aromatic N) is 1. The third-order valence-corrected chi connectivity index (χ3v) is 2.99. The van der Waals surface area contributed by atoms with E-state index in [1.165, 1.54) is 45.2 Å². The molecule has 0 radical (unpaired) electrons. The fraction of sp³-hybridized carbons (Fsp3) is 1.00. The summed E-state index contributed by atoms with van der Waals surface area (Å²) >= 11 is 0. The fourth-order valence-electron chi connectivity index (χ4n) is 2.37. The first-order valence-corrected chi connectivity index (χ1v) is 5.98. The SMILES string of the molecule is CCCCC1CCCN1CC(C)C. The van der Waals surface area contributed by atoms with Gasteiger partial charge in [0, 0.05) is 12.6 Å². The molecule has 0 N–H and O–H groups in total. The van der Waals surface area contributed by atoms with Gasteiger partial charge >= 0.3 is 0 Å². The van der Waals surface area contributed by atoms with Gasteiger partial charge in [-0.25, -0.2) is 0 Å². The molecule has 0 aromatic carbocycles. The molecule has 0 aromatic heterocycles. The van der Waals surface area contributed by atoms with E-state index in [0.29, 0.717) is 0 Å². The first-order chi connectivity index (χ1) is 6.24. The predicted octanol–water partition coefficient (Wildman–Crippen LogP) is 3.30. The molecule has 0 bridgehead atoms. The summed E-state index contributed by atoms with van der Waals surface area (Å²) < 4.78 is 0. The van der Waals surface area contributed by atoms with Crippen LogP contribution in [0.15, 0.2) is 0 Å². The number of unbranched alkanes of at least 4 members (excludes halogenated alkanes) is 1. The van der Waals surface area contributed by atoms with E-state index in [1.54, 1.807) is 0 Å². The molecule has 1 unspecified atom stereocenters. The van der Waals surface area contributed by atoms with E-state index in [2.05, 4.69) is 25.7 Å². The molecular formula is C12H25N. The minimum atomic E-state index is 0.835. The first kappa shape index (κ1) is 11.0. The smallest absolute Gasteiger partial charge is 0.00958 e. The third kappa shape index (κ3) is 3.68. The summed E-state index contributed by atoms with van der Waals surface area (Å²) in [4.78, 5) is 2.71. The number of hydrogen-bond acceptors (Lipinski definition) is 1. The third-order valence-electron chi connectivity index (χ3n) is 2.99. The molecule has 0 aliphatic carbocycles. The zero-order chi connectivity index (χ0) is 9.68. The van der Waals surface area contributed by atoms with Gasteiger partial charge in [-0.1, -0.05) is 33.6 Å². The number of likely N-dealkylation sites (tertiary alicyclic amines) is 1. The summed E-state index contributed by atoms with van der Waals surface area (Å²) in [5.74, 6) is 0.835. The van der Waals surface area contributed by atoms with E-state index >= 15 is 0 Å². The Morgan fingerprint density at radius 1 is 1.38 bits per heavy atom. The maximum atomic E-state index is 2.71. The van der Waals surface area contributed by atoms with Gasteiger partial charge in [-0.3, -0.25) is 0 Å². The summed E-state index contributed by atoms with van der Waals surface area (Å²) in [7, 11) is 0. The van der Waals surface area contributed by atoms with Crippen LogP contribution in [-0.2, 0) is 0 Å². The number of hydrogen-bond donors (Lipinski definition) is 0. The van der Waals surface area contributed by atoms with Crippen LogP contribution in [0, 0.1) is 5.92 Å². The van der Waals surface area contributed by atoms with Gasteiger partial charge in [0.2, 0.25) is 0 Å². The molecule has 1 aliphatic rings. The molecule has 0 amide bonds. The minimum absolute atomic E-state index is 0.835. The van der Waals surface area contributed by atoms with Gasteiger partial charge < -0.3 is 4.90 Å². The fourth-order valence-corrected chi connectivity index (χ4v) is 2.37. The van der Waals surface area contributed by atoms with Crippen molar-refractivity contribution in [1.29, 1.82) is 0 Å². The monoisotopic (exact) mass is 183 g/mol. The van der Waals surface area contributed by atoms with Gasteiger partial charge in [0.15, 0.2) is 0 Å². The highest BCUT2D eigenvalue weighted by Crippen LogP contribution is 2.22. The van der Waals surface area contributed by atoms with Gasteiger partial charge in [-0.15, -0.1) is 0 Å². The van der Waals surface area contributed by atoms with Crippen LogP contribution in [0.1, 0.15) is 52.9 Å². The van der Waals surface area contributed by atoms with Crippen molar-refractivity contribution < 1.29 is 0 Å². The zero-order valence-corrected chi connectivity index (χ0v) is 9.55. The Balaban J connectivity index is 2.26. The first-order valence-electron chi connectivity index (χ1n) is 5.98. The van der Waals surface area contributed by atoms with E-state index in [4.69, 9.17) is 0 Å². The Labute approximate surface area is 83.5 Å². The van der Waals surface area contributed by atoms with E-state index in [-0.39, 0.29) is 0 Å². The van der Waals surface area contributed by atoms with E-state index in [0.717, 1.165) is 12.0 Å². The Kier molecular flexibility index (Phi) is 4.79. The average Bonchev–Trinajstić information content (AvgIpc) is 2.48. The maximum Gasteiger partial charge on any atom is 0.00958 e. The van der Waals surface area contributed by atoms with Gasteiger partial charge in [-0.2, -0.15) is 0 Å². The van der Waals surface area contributed by atoms with Gasteiger partial charge in [0.05, 0.1) is 0 Å². The van der Waals surface area contributed by atoms with Crippen molar-refractivity contribution in [2.24, 2.45) is 5.92 Å². The molecule has 0 spiro atoms. The van der Waals surface area contributed by atoms with Crippen molar-refractivity contribution in [3.05, 3.63) is 0 Å². The molecule has 0 saturated carbocycles. The second-order valence-electron chi connectivity index (χ2n) is 4.83. The van der Waals surface area contributed by atoms with Crippen LogP contribution in [-0.4, -0.2) is 24.0 Å². The standard InChI is InChI=1S/C12H25N/c1-4-5-7-12-8-6-9-13(12)10-11(2)3/h11-12H,4-10H2,1-3H3. The quantitative estimate of drug-likeness (QED) is 0.632. The highest BCUT2D eigenvalue weighted by atomic mass is 15.2. The summed E-state index contributed by atoms with van der Waals surface area (Å²) in [6.07, 6.45) is 7.09. The molecule has 1 saturated heterocycles. The van der Waals surface area contributed by atoms with Crippen LogP contribution in [0.2, 0.25) is 0 Å². The minimum Gasteiger partial charge on any atom is -0.300 e. The van der Waals surface area contributed by atoms with Crippen molar-refractivity contribution in [1.82, 2.24) is 4.90 Å². The topological polar surface area (TPSA) is 3.24 Å². The van der Waals surface area contributed by atoms with Gasteiger partial charge in [0.1, 0.15) is 0 Å². The lowest BCUT2D eigenvalue weighted by molar-refractivity contribution is 0.215. The Bertz CT molecular complexity index is 131. The second kappa shape index (κ2) is 5.64. The molecule has 1 fully saturated rings. The molecule has 0 aromatic rings. The highest BCUT2D eigenvalue weighted by Gasteiger charge is 2.23. The van der Waals surface area contributed by atoms with Crippen LogP contribution in [0.3, 0.4) is 0 Å². The Hall–Kier alpha value is -0.0400. The van der Waals surface area contributed by atoms with Crippen molar-refractivity contribution in [2.45, 2.75) is 58.9 Å². The molecule has 1 aliphatic heterocycles. The molecule has 1 atom stereocenters. The average molecular weight is 183 g/mol. The maximum absolute atomic E-state index is 2.71. The van der Waals surface area contributed by atoms with E-state index in [9.17, 15) is 0 Å². The molecule has 13 heavy (non-hydrogen) atoms. The molecule has 1 heterocycles. The number of rotatable bonds is 5. The lowest BCUT2D eigenvalue weighted by Crippen LogP contribution is -2.32. The van der Waals surface area contributed by atoms with Crippen LogP contribution in [0.5, 0.6) is 0 Å². The Morgan fingerprint density at radius 3 is 2.77 bits per heavy atom. The molecule has 78 valence electrons. The van der Waals surface area contributed by atoms with Crippen molar-refractivity contribution in [2.75, 3.05) is 13.1 Å². The van der Waals surface area contributed by atoms with Crippen LogP contribution in [0.4, 0.5) is 0 Å². The zero-order valence-electron chi connectivity index (χ0n) is 9.55. The summed E-state index contributed by atoms with van der Waals surface area (Å²) in [6, 6.07) is 0.919. The normalized spacial score (nSPS) is 24.5. The Morgan fingerprint density at radius 2 is 2.15 bits per heavy atom. The van der Waals surface area contributed by atoms with E-state index < -0.39 is 0 Å². The van der Waals surface area contributed by atoms with Crippen LogP contribution in [0.25, 0.3) is 0 Å².